The van der Waals surface area contributed by atoms with Gasteiger partial charge in [0.15, 0.2) is 5.54 Å². The number of ether oxygens (including phenoxy) is 2. The van der Waals surface area contributed by atoms with Crippen molar-refractivity contribution in [3.63, 3.8) is 0 Å². The number of hydrogen-bond acceptors (Lipinski definition) is 5. The van der Waals surface area contributed by atoms with E-state index in [1.165, 1.54) is 20.3 Å². The van der Waals surface area contributed by atoms with Crippen molar-refractivity contribution >= 4 is 39.1 Å². The summed E-state index contributed by atoms with van der Waals surface area (Å²) in [4.78, 5) is 23.9. The molecule has 1 aliphatic rings. The zero-order valence-corrected chi connectivity index (χ0v) is 12.9. The molecule has 1 heterocycles. The summed E-state index contributed by atoms with van der Waals surface area (Å²) in [7, 11) is 2.61. The average Bonchev–Trinajstić information content (AvgIpc) is 2.44. The number of methoxy groups -OCH3 is 2. The third-order valence-corrected chi connectivity index (χ3v) is 3.61. The number of rotatable bonds is 2. The number of benzene rings is 1. The number of esters is 2. The molecule has 0 amide bonds. The van der Waals surface area contributed by atoms with Gasteiger partial charge in [-0.3, -0.25) is 0 Å². The summed E-state index contributed by atoms with van der Waals surface area (Å²) in [6, 6.07) is 5.40. The maximum absolute atomic E-state index is 11.9. The molecular weight excluding hydrogens is 326 g/mol. The van der Waals surface area contributed by atoms with Crippen molar-refractivity contribution in [1.29, 1.82) is 0 Å². The molecule has 1 atom stereocenters. The largest absolute Gasteiger partial charge is 0.467 e. The quantitative estimate of drug-likeness (QED) is 0.838. The highest BCUT2D eigenvalue weighted by atomic mass is 79.9. The number of halogens is 1. The molecular formula is C14H14BrNO4. The van der Waals surface area contributed by atoms with E-state index in [4.69, 9.17) is 9.47 Å². The minimum absolute atomic E-state index is 0.335. The van der Waals surface area contributed by atoms with Crippen molar-refractivity contribution in [3.8, 4) is 0 Å². The Morgan fingerprint density at radius 2 is 1.95 bits per heavy atom. The highest BCUT2D eigenvalue weighted by Gasteiger charge is 2.38. The van der Waals surface area contributed by atoms with Crippen LogP contribution in [-0.4, -0.2) is 31.7 Å². The van der Waals surface area contributed by atoms with Gasteiger partial charge in [0.1, 0.15) is 0 Å². The summed E-state index contributed by atoms with van der Waals surface area (Å²) >= 11 is 3.36. The molecule has 1 N–H and O–H groups in total. The van der Waals surface area contributed by atoms with Gasteiger partial charge in [0.05, 0.1) is 19.8 Å². The van der Waals surface area contributed by atoms with Crippen molar-refractivity contribution in [3.05, 3.63) is 34.3 Å². The summed E-state index contributed by atoms with van der Waals surface area (Å²) in [6.45, 7) is 1.64. The Balaban J connectivity index is 2.61. The Morgan fingerprint density at radius 3 is 2.55 bits per heavy atom. The molecule has 2 rings (SSSR count). The summed E-state index contributed by atoms with van der Waals surface area (Å²) in [5.74, 6) is -0.977. The van der Waals surface area contributed by atoms with Crippen molar-refractivity contribution in [2.45, 2.75) is 12.5 Å². The zero-order valence-electron chi connectivity index (χ0n) is 11.3. The third kappa shape index (κ3) is 2.43. The van der Waals surface area contributed by atoms with E-state index in [-0.39, 0.29) is 0 Å². The van der Waals surface area contributed by atoms with E-state index in [9.17, 15) is 9.59 Å². The van der Waals surface area contributed by atoms with Gasteiger partial charge in [0.2, 0.25) is 0 Å². The van der Waals surface area contributed by atoms with Crippen LogP contribution in [0.5, 0.6) is 0 Å². The van der Waals surface area contributed by atoms with Crippen LogP contribution in [0.1, 0.15) is 12.5 Å². The van der Waals surface area contributed by atoms with E-state index in [1.54, 1.807) is 19.1 Å². The molecule has 0 radical (unpaired) electrons. The van der Waals surface area contributed by atoms with E-state index in [1.807, 2.05) is 6.07 Å². The van der Waals surface area contributed by atoms with Crippen molar-refractivity contribution in [2.24, 2.45) is 0 Å². The monoisotopic (exact) mass is 339 g/mol. The first-order chi connectivity index (χ1) is 9.41. The predicted molar refractivity (Wildman–Crippen MR) is 78.2 cm³/mol. The predicted octanol–water partition coefficient (Wildman–Crippen LogP) is 2.36. The minimum atomic E-state index is -1.12. The Hall–Kier alpha value is -1.82. The molecule has 5 nitrogen and oxygen atoms in total. The van der Waals surface area contributed by atoms with Crippen LogP contribution >= 0.6 is 15.9 Å². The topological polar surface area (TPSA) is 64.6 Å². The van der Waals surface area contributed by atoms with Crippen LogP contribution in [0, 0.1) is 0 Å². The Kier molecular flexibility index (Phi) is 3.85. The van der Waals surface area contributed by atoms with Crippen LogP contribution in [0.2, 0.25) is 0 Å². The second-order valence-electron chi connectivity index (χ2n) is 4.56. The lowest BCUT2D eigenvalue weighted by atomic mass is 9.89. The van der Waals surface area contributed by atoms with Gasteiger partial charge in [-0.15, -0.1) is 0 Å². The Labute approximate surface area is 125 Å². The molecule has 0 spiro atoms. The molecule has 106 valence electrons. The second-order valence-corrected chi connectivity index (χ2v) is 5.47. The van der Waals surface area contributed by atoms with E-state index in [2.05, 4.69) is 21.2 Å². The Morgan fingerprint density at radius 1 is 1.25 bits per heavy atom. The molecule has 0 saturated carbocycles. The molecule has 0 fully saturated rings. The lowest BCUT2D eigenvalue weighted by Crippen LogP contribution is -2.45. The standard InChI is InChI=1S/C14H14BrNO4/c1-14(13(18)20-3)7-10(12(17)19-2)9-5-4-8(15)6-11(9)16-14/h4-7,16H,1-3H3. The Bertz CT molecular complexity index is 611. The number of nitrogens with one attached hydrogen (secondary N) is 1. The average molecular weight is 340 g/mol. The first kappa shape index (κ1) is 14.6. The van der Waals surface area contributed by atoms with Crippen LogP contribution in [0.25, 0.3) is 5.57 Å². The molecule has 1 aliphatic heterocycles. The third-order valence-electron chi connectivity index (χ3n) is 3.11. The van der Waals surface area contributed by atoms with Gasteiger partial charge >= 0.3 is 11.9 Å². The van der Waals surface area contributed by atoms with E-state index in [0.717, 1.165) is 4.47 Å². The van der Waals surface area contributed by atoms with Gasteiger partial charge in [0.25, 0.3) is 0 Å². The fourth-order valence-electron chi connectivity index (χ4n) is 2.14. The lowest BCUT2D eigenvalue weighted by Gasteiger charge is -2.32. The van der Waals surface area contributed by atoms with Gasteiger partial charge in [-0.1, -0.05) is 22.0 Å². The highest BCUT2D eigenvalue weighted by Crippen LogP contribution is 2.36. The molecule has 6 heteroatoms. The first-order valence-corrected chi connectivity index (χ1v) is 6.68. The lowest BCUT2D eigenvalue weighted by molar-refractivity contribution is -0.143. The zero-order chi connectivity index (χ0) is 14.9. The molecule has 0 aliphatic carbocycles. The molecule has 0 saturated heterocycles. The van der Waals surface area contributed by atoms with Gasteiger partial charge < -0.3 is 14.8 Å². The van der Waals surface area contributed by atoms with Gasteiger partial charge in [0, 0.05) is 15.7 Å². The summed E-state index contributed by atoms with van der Waals surface area (Å²) < 4.78 is 10.4. The summed E-state index contributed by atoms with van der Waals surface area (Å²) in [5.41, 5.74) is 0.560. The van der Waals surface area contributed by atoms with Gasteiger partial charge in [-0.05, 0) is 25.1 Å². The van der Waals surface area contributed by atoms with E-state index < -0.39 is 17.5 Å². The summed E-state index contributed by atoms with van der Waals surface area (Å²) in [5, 5.41) is 3.09. The van der Waals surface area contributed by atoms with Gasteiger partial charge in [-0.25, -0.2) is 9.59 Å². The highest BCUT2D eigenvalue weighted by molar-refractivity contribution is 9.10. The van der Waals surface area contributed by atoms with Crippen LogP contribution in [0.15, 0.2) is 28.7 Å². The SMILES string of the molecule is COC(=O)C1=CC(C)(C(=O)OC)Nc2cc(Br)ccc21. The molecule has 1 aromatic carbocycles. The van der Waals surface area contributed by atoms with Crippen LogP contribution in [-0.2, 0) is 19.1 Å². The minimum Gasteiger partial charge on any atom is -0.467 e. The first-order valence-electron chi connectivity index (χ1n) is 5.89. The fourth-order valence-corrected chi connectivity index (χ4v) is 2.50. The fraction of sp³-hybridized carbons (Fsp3) is 0.286. The maximum Gasteiger partial charge on any atom is 0.338 e. The normalized spacial score (nSPS) is 20.3. The number of fused-ring (bicyclic) bond motifs is 1. The van der Waals surface area contributed by atoms with Crippen molar-refractivity contribution < 1.29 is 19.1 Å². The number of carbonyl (C=O) groups excluding carboxylic acids is 2. The smallest absolute Gasteiger partial charge is 0.338 e. The van der Waals surface area contributed by atoms with E-state index in [0.29, 0.717) is 16.8 Å². The second kappa shape index (κ2) is 5.28. The number of carbonyl (C=O) groups is 2. The number of hydrogen-bond donors (Lipinski definition) is 1. The van der Waals surface area contributed by atoms with Crippen molar-refractivity contribution in [1.82, 2.24) is 0 Å². The number of anilines is 1. The molecule has 20 heavy (non-hydrogen) atoms. The molecule has 1 unspecified atom stereocenters. The maximum atomic E-state index is 11.9. The van der Waals surface area contributed by atoms with Crippen LogP contribution in [0.3, 0.4) is 0 Å². The van der Waals surface area contributed by atoms with Crippen LogP contribution in [0.4, 0.5) is 5.69 Å². The van der Waals surface area contributed by atoms with Crippen LogP contribution < -0.4 is 5.32 Å². The van der Waals surface area contributed by atoms with Crippen molar-refractivity contribution in [2.75, 3.05) is 19.5 Å². The van der Waals surface area contributed by atoms with Gasteiger partial charge in [-0.2, -0.15) is 0 Å². The summed E-state index contributed by atoms with van der Waals surface area (Å²) in [6.07, 6.45) is 1.53. The van der Waals surface area contributed by atoms with E-state index >= 15 is 0 Å². The molecule has 0 bridgehead atoms. The molecule has 1 aromatic rings. The molecule has 0 aromatic heterocycles.